The third-order valence-electron chi connectivity index (χ3n) is 6.56. The summed E-state index contributed by atoms with van der Waals surface area (Å²) in [5.41, 5.74) is -1.38. The molecule has 2 aromatic carbocycles. The van der Waals surface area contributed by atoms with Crippen LogP contribution in [0.1, 0.15) is 32.1 Å². The molecule has 7 nitrogen and oxygen atoms in total. The molecule has 2 bridgehead atoms. The second-order valence-electron chi connectivity index (χ2n) is 8.86. The Morgan fingerprint density at radius 2 is 1.50 bits per heavy atom. The molecule has 0 radical (unpaired) electrons. The summed E-state index contributed by atoms with van der Waals surface area (Å²) in [5.74, 6) is -2.28. The van der Waals surface area contributed by atoms with Crippen LogP contribution in [0.15, 0.2) is 42.5 Å². The average Bonchev–Trinajstić information content (AvgIpc) is 2.81. The lowest BCUT2D eigenvalue weighted by molar-refractivity contribution is -0.137. The Morgan fingerprint density at radius 3 is 2.12 bits per heavy atom. The van der Waals surface area contributed by atoms with E-state index >= 15 is 0 Å². The largest absolute Gasteiger partial charge is 0.484 e. The smallest absolute Gasteiger partial charge is 0.258 e. The summed E-state index contributed by atoms with van der Waals surface area (Å²) in [6, 6.07) is 9.70. The van der Waals surface area contributed by atoms with E-state index in [1.807, 2.05) is 0 Å². The van der Waals surface area contributed by atoms with Gasteiger partial charge in [-0.05, 0) is 68.5 Å². The molecule has 5 rings (SSSR count). The van der Waals surface area contributed by atoms with Crippen molar-refractivity contribution in [2.75, 3.05) is 13.2 Å². The van der Waals surface area contributed by atoms with Gasteiger partial charge in [-0.15, -0.1) is 0 Å². The van der Waals surface area contributed by atoms with Gasteiger partial charge in [-0.3, -0.25) is 9.59 Å². The predicted octanol–water partition coefficient (Wildman–Crippen LogP) is 3.12. The first-order chi connectivity index (χ1) is 16.2. The molecule has 3 saturated carbocycles. The van der Waals surface area contributed by atoms with Crippen molar-refractivity contribution in [3.05, 3.63) is 59.1 Å². The van der Waals surface area contributed by atoms with Gasteiger partial charge < -0.3 is 25.2 Å². The monoisotopic (exact) mass is 494 g/mol. The fourth-order valence-corrected chi connectivity index (χ4v) is 4.83. The Bertz CT molecular complexity index is 1060. The van der Waals surface area contributed by atoms with E-state index in [9.17, 15) is 23.5 Å². The number of ether oxygens (including phenoxy) is 2. The molecule has 0 saturated heterocycles. The Morgan fingerprint density at radius 1 is 0.912 bits per heavy atom. The number of nitrogens with one attached hydrogen (secondary N) is 2. The summed E-state index contributed by atoms with van der Waals surface area (Å²) < 4.78 is 37.1. The maximum absolute atomic E-state index is 13.3. The van der Waals surface area contributed by atoms with Crippen LogP contribution in [-0.4, -0.2) is 47.3 Å². The van der Waals surface area contributed by atoms with Gasteiger partial charge in [0.2, 0.25) is 0 Å². The zero-order valence-corrected chi connectivity index (χ0v) is 19.0. The van der Waals surface area contributed by atoms with Crippen LogP contribution in [0.25, 0.3) is 0 Å². The summed E-state index contributed by atoms with van der Waals surface area (Å²) in [6.07, 6.45) is 1.55. The van der Waals surface area contributed by atoms with Crippen molar-refractivity contribution in [2.45, 2.75) is 49.3 Å². The molecule has 3 fully saturated rings. The van der Waals surface area contributed by atoms with E-state index in [-0.39, 0.29) is 18.3 Å². The summed E-state index contributed by atoms with van der Waals surface area (Å²) in [6.45, 7) is -0.563. The van der Waals surface area contributed by atoms with Crippen LogP contribution in [0.3, 0.4) is 0 Å². The molecule has 2 amide bonds. The molecule has 1 atom stereocenters. The zero-order valence-electron chi connectivity index (χ0n) is 18.3. The number of aliphatic hydroxyl groups is 1. The van der Waals surface area contributed by atoms with E-state index in [4.69, 9.17) is 21.1 Å². The van der Waals surface area contributed by atoms with Crippen molar-refractivity contribution in [1.29, 1.82) is 0 Å². The Kier molecular flexibility index (Phi) is 6.95. The van der Waals surface area contributed by atoms with Gasteiger partial charge in [0.1, 0.15) is 11.5 Å². The quantitative estimate of drug-likeness (QED) is 0.524. The second kappa shape index (κ2) is 9.76. The fourth-order valence-electron chi connectivity index (χ4n) is 4.70. The number of benzene rings is 2. The molecule has 0 aliphatic heterocycles. The van der Waals surface area contributed by atoms with Crippen molar-refractivity contribution in [3.63, 3.8) is 0 Å². The lowest BCUT2D eigenvalue weighted by atomic mass is 9.60. The Labute approximate surface area is 200 Å². The number of halogens is 3. The first-order valence-corrected chi connectivity index (χ1v) is 11.3. The maximum atomic E-state index is 13.3. The van der Waals surface area contributed by atoms with Gasteiger partial charge in [0, 0.05) is 16.6 Å². The van der Waals surface area contributed by atoms with Crippen LogP contribution in [0.2, 0.25) is 5.02 Å². The van der Waals surface area contributed by atoms with Gasteiger partial charge in [0.05, 0.1) is 11.6 Å². The highest BCUT2D eigenvalue weighted by Gasteiger charge is 2.55. The average molecular weight is 495 g/mol. The third kappa shape index (κ3) is 5.42. The summed E-state index contributed by atoms with van der Waals surface area (Å²) in [4.78, 5) is 24.9. The summed E-state index contributed by atoms with van der Waals surface area (Å²) in [5, 5.41) is 17.3. The Hall–Kier alpha value is -2.91. The number of hydrogen-bond acceptors (Lipinski definition) is 5. The molecule has 3 aliphatic carbocycles. The highest BCUT2D eigenvalue weighted by atomic mass is 35.5. The van der Waals surface area contributed by atoms with Crippen molar-refractivity contribution in [2.24, 2.45) is 0 Å². The molecule has 0 unspecified atom stereocenters. The number of carbonyl (C=O) groups excluding carboxylic acids is 2. The SMILES string of the molecule is O=C(COc1ccc(Cl)cc1)NC12CCC(NC(=O)COc3ccc(F)c(F)c3)(CC1)[C@@H](O)C2. The van der Waals surface area contributed by atoms with Crippen LogP contribution in [0.4, 0.5) is 8.78 Å². The third-order valence-corrected chi connectivity index (χ3v) is 6.81. The molecule has 10 heteroatoms. The zero-order chi connectivity index (χ0) is 24.3. The Balaban J connectivity index is 1.27. The topological polar surface area (TPSA) is 96.9 Å². The highest BCUT2D eigenvalue weighted by molar-refractivity contribution is 6.30. The number of amides is 2. The number of fused-ring (bicyclic) bond motifs is 3. The van der Waals surface area contributed by atoms with Crippen molar-refractivity contribution in [1.82, 2.24) is 10.6 Å². The van der Waals surface area contributed by atoms with E-state index in [2.05, 4.69) is 10.6 Å². The summed E-state index contributed by atoms with van der Waals surface area (Å²) in [7, 11) is 0. The van der Waals surface area contributed by atoms with E-state index in [1.54, 1.807) is 24.3 Å². The minimum absolute atomic E-state index is 0.0296. The van der Waals surface area contributed by atoms with Gasteiger partial charge in [-0.25, -0.2) is 8.78 Å². The van der Waals surface area contributed by atoms with Gasteiger partial charge in [0.15, 0.2) is 24.8 Å². The second-order valence-corrected chi connectivity index (χ2v) is 9.30. The van der Waals surface area contributed by atoms with Crippen LogP contribution in [0.5, 0.6) is 11.5 Å². The molecular weight excluding hydrogens is 470 g/mol. The highest BCUT2D eigenvalue weighted by Crippen LogP contribution is 2.47. The lowest BCUT2D eigenvalue weighted by Crippen LogP contribution is -2.70. The van der Waals surface area contributed by atoms with Crippen molar-refractivity contribution < 1.29 is 33.0 Å². The van der Waals surface area contributed by atoms with Gasteiger partial charge >= 0.3 is 0 Å². The maximum Gasteiger partial charge on any atom is 0.258 e. The molecule has 34 heavy (non-hydrogen) atoms. The number of rotatable bonds is 8. The van der Waals surface area contributed by atoms with Gasteiger partial charge in [0.25, 0.3) is 11.8 Å². The standard InChI is InChI=1S/C24H25ClF2N2O5/c25-15-1-3-16(4-2-15)33-13-21(31)28-23-7-9-24(10-8-23,20(30)12-23)29-22(32)14-34-17-5-6-18(26)19(27)11-17/h1-6,11,20,30H,7-10,12-14H2,(H,28,31)(H,29,32)/t20-,23?,24?/m0/s1. The molecule has 0 heterocycles. The molecule has 0 spiro atoms. The van der Waals surface area contributed by atoms with Crippen molar-refractivity contribution in [3.8, 4) is 11.5 Å². The first-order valence-electron chi connectivity index (χ1n) is 11.0. The fraction of sp³-hybridized carbons (Fsp3) is 0.417. The summed E-state index contributed by atoms with van der Waals surface area (Å²) >= 11 is 5.84. The van der Waals surface area contributed by atoms with E-state index in [0.717, 1.165) is 12.1 Å². The molecule has 0 aromatic heterocycles. The molecule has 3 N–H and O–H groups in total. The molecular formula is C24H25ClF2N2O5. The van der Waals surface area contributed by atoms with E-state index in [0.29, 0.717) is 42.9 Å². The predicted molar refractivity (Wildman–Crippen MR) is 120 cm³/mol. The van der Waals surface area contributed by atoms with Gasteiger partial charge in [-0.2, -0.15) is 0 Å². The number of aliphatic hydroxyl groups excluding tert-OH is 1. The van der Waals surface area contributed by atoms with Crippen molar-refractivity contribution >= 4 is 23.4 Å². The minimum Gasteiger partial charge on any atom is -0.484 e. The lowest BCUT2D eigenvalue weighted by Gasteiger charge is -2.56. The minimum atomic E-state index is -1.07. The van der Waals surface area contributed by atoms with Gasteiger partial charge in [-0.1, -0.05) is 11.6 Å². The van der Waals surface area contributed by atoms with Crippen LogP contribution >= 0.6 is 11.6 Å². The number of hydrogen-bond donors (Lipinski definition) is 3. The normalized spacial score (nSPS) is 25.5. The number of carbonyl (C=O) groups is 2. The van der Waals surface area contributed by atoms with Crippen LogP contribution in [-0.2, 0) is 9.59 Å². The molecule has 182 valence electrons. The molecule has 2 aromatic rings. The molecule has 3 aliphatic rings. The van der Waals surface area contributed by atoms with Crippen LogP contribution < -0.4 is 20.1 Å². The van der Waals surface area contributed by atoms with E-state index in [1.165, 1.54) is 6.07 Å². The first kappa shape index (κ1) is 24.2. The van der Waals surface area contributed by atoms with E-state index < -0.39 is 41.3 Å². The van der Waals surface area contributed by atoms with Crippen LogP contribution in [0, 0.1) is 11.6 Å².